The molecule has 1 amide bonds. The molecule has 0 saturated carbocycles. The summed E-state index contributed by atoms with van der Waals surface area (Å²) < 4.78 is 5.74. The van der Waals surface area contributed by atoms with E-state index in [1.807, 2.05) is 30.3 Å². The first-order chi connectivity index (χ1) is 15.0. The number of Topliss-reactive ketones (excluding diaryl/α,β-unsaturated/α-hetero) is 1. The molecule has 162 valence electrons. The highest BCUT2D eigenvalue weighted by atomic mass is 32.1. The molecule has 0 N–H and O–H groups in total. The highest BCUT2D eigenvalue weighted by molar-refractivity contribution is 7.12. The molecule has 2 atom stereocenters. The van der Waals surface area contributed by atoms with Crippen LogP contribution < -0.4 is 0 Å². The van der Waals surface area contributed by atoms with Crippen molar-refractivity contribution in [3.05, 3.63) is 56.8 Å². The largest absolute Gasteiger partial charge is 0.446 e. The number of carbonyl (C=O) groups is 2. The van der Waals surface area contributed by atoms with Gasteiger partial charge in [-0.1, -0.05) is 37.3 Å². The van der Waals surface area contributed by atoms with Crippen LogP contribution in [0.25, 0.3) is 0 Å². The summed E-state index contributed by atoms with van der Waals surface area (Å²) in [5.41, 5.74) is 2.88. The molecule has 1 aliphatic heterocycles. The third kappa shape index (κ3) is 4.99. The van der Waals surface area contributed by atoms with Gasteiger partial charge in [0, 0.05) is 42.1 Å². The van der Waals surface area contributed by atoms with Crippen molar-refractivity contribution in [2.75, 3.05) is 13.1 Å². The number of fused-ring (bicyclic) bond motifs is 1. The fourth-order valence-electron chi connectivity index (χ4n) is 4.58. The fraction of sp³-hybridized carbons (Fsp3) is 0.480. The third-order valence-corrected chi connectivity index (χ3v) is 7.55. The van der Waals surface area contributed by atoms with Gasteiger partial charge in [0.1, 0.15) is 18.0 Å². The Kier molecular flexibility index (Phi) is 6.72. The van der Waals surface area contributed by atoms with Crippen LogP contribution in [-0.2, 0) is 28.8 Å². The highest BCUT2D eigenvalue weighted by Crippen LogP contribution is 2.36. The summed E-state index contributed by atoms with van der Waals surface area (Å²) in [6, 6.07) is 12.4. The molecule has 31 heavy (non-hydrogen) atoms. The second-order valence-corrected chi connectivity index (χ2v) is 9.78. The van der Waals surface area contributed by atoms with Gasteiger partial charge in [0.25, 0.3) is 0 Å². The minimum Gasteiger partial charge on any atom is -0.446 e. The van der Waals surface area contributed by atoms with Crippen molar-refractivity contribution in [2.24, 2.45) is 0 Å². The minimum atomic E-state index is -0.215. The van der Waals surface area contributed by atoms with Crippen LogP contribution in [-0.4, -0.2) is 36.0 Å². The van der Waals surface area contributed by atoms with E-state index in [1.165, 1.54) is 0 Å². The van der Waals surface area contributed by atoms with Crippen molar-refractivity contribution in [1.82, 2.24) is 4.90 Å². The van der Waals surface area contributed by atoms with Crippen LogP contribution in [0.3, 0.4) is 0 Å². The maximum atomic E-state index is 12.8. The monoisotopic (exact) mass is 436 g/mol. The Morgan fingerprint density at radius 2 is 2.00 bits per heavy atom. The maximum absolute atomic E-state index is 12.8. The maximum Gasteiger partial charge on any atom is 0.410 e. The average Bonchev–Trinajstić information content (AvgIpc) is 3.41. The number of thiophene rings is 1. The van der Waals surface area contributed by atoms with E-state index in [9.17, 15) is 14.9 Å². The molecule has 1 aromatic heterocycles. The van der Waals surface area contributed by atoms with Crippen molar-refractivity contribution in [3.63, 3.8) is 0 Å². The second kappa shape index (κ2) is 9.65. The van der Waals surface area contributed by atoms with E-state index < -0.39 is 0 Å². The molecule has 1 aliphatic carbocycles. The number of amides is 1. The van der Waals surface area contributed by atoms with Crippen LogP contribution >= 0.6 is 11.3 Å². The standard InChI is InChI=1S/C25H28N2O3S/c1-17(18-7-3-2-4-8-18)13-19(28)14-23-22(16-26)21-10-9-20(15-24(21)31-23)30-25(29)27-11-5-6-12-27/h2-4,7-8,17,20H,5-6,9-15H2,1H3. The lowest BCUT2D eigenvalue weighted by atomic mass is 9.91. The molecule has 2 aromatic rings. The lowest BCUT2D eigenvalue weighted by Gasteiger charge is -2.25. The van der Waals surface area contributed by atoms with Gasteiger partial charge >= 0.3 is 6.09 Å². The van der Waals surface area contributed by atoms with Gasteiger partial charge in [-0.3, -0.25) is 4.79 Å². The third-order valence-electron chi connectivity index (χ3n) is 6.30. The van der Waals surface area contributed by atoms with Gasteiger partial charge < -0.3 is 9.64 Å². The van der Waals surface area contributed by atoms with E-state index in [-0.39, 0.29) is 23.9 Å². The molecule has 0 radical (unpaired) electrons. The topological polar surface area (TPSA) is 70.4 Å². The summed E-state index contributed by atoms with van der Waals surface area (Å²) >= 11 is 1.55. The summed E-state index contributed by atoms with van der Waals surface area (Å²) in [4.78, 5) is 28.8. The first kappa shape index (κ1) is 21.6. The van der Waals surface area contributed by atoms with Crippen molar-refractivity contribution in [2.45, 2.75) is 63.9 Å². The molecular formula is C25H28N2O3S. The van der Waals surface area contributed by atoms with Gasteiger partial charge in [-0.15, -0.1) is 11.3 Å². The summed E-state index contributed by atoms with van der Waals surface area (Å²) in [5.74, 6) is 0.312. The van der Waals surface area contributed by atoms with Gasteiger partial charge in [0.15, 0.2) is 0 Å². The molecule has 0 spiro atoms. The molecule has 0 bridgehead atoms. The number of hydrogen-bond donors (Lipinski definition) is 0. The van der Waals surface area contributed by atoms with E-state index in [0.717, 1.165) is 59.7 Å². The summed E-state index contributed by atoms with van der Waals surface area (Å²) in [7, 11) is 0. The number of nitrogens with zero attached hydrogens (tertiary/aromatic N) is 2. The van der Waals surface area contributed by atoms with Gasteiger partial charge in [-0.25, -0.2) is 4.79 Å². The Morgan fingerprint density at radius 3 is 2.71 bits per heavy atom. The van der Waals surface area contributed by atoms with Crippen molar-refractivity contribution in [1.29, 1.82) is 5.26 Å². The number of hydrogen-bond acceptors (Lipinski definition) is 5. The van der Waals surface area contributed by atoms with Crippen molar-refractivity contribution < 1.29 is 14.3 Å². The van der Waals surface area contributed by atoms with Crippen LogP contribution in [0.15, 0.2) is 30.3 Å². The average molecular weight is 437 g/mol. The van der Waals surface area contributed by atoms with Gasteiger partial charge in [-0.05, 0) is 42.7 Å². The second-order valence-electron chi connectivity index (χ2n) is 8.59. The number of ether oxygens (including phenoxy) is 1. The Hall–Kier alpha value is -2.65. The molecule has 4 rings (SSSR count). The van der Waals surface area contributed by atoms with Crippen LogP contribution in [0, 0.1) is 11.3 Å². The van der Waals surface area contributed by atoms with Crippen molar-refractivity contribution in [3.8, 4) is 6.07 Å². The smallest absolute Gasteiger partial charge is 0.410 e. The zero-order valence-electron chi connectivity index (χ0n) is 17.9. The predicted molar refractivity (Wildman–Crippen MR) is 120 cm³/mol. The number of nitriles is 1. The quantitative estimate of drug-likeness (QED) is 0.638. The Bertz CT molecular complexity index is 986. The van der Waals surface area contributed by atoms with E-state index >= 15 is 0 Å². The van der Waals surface area contributed by atoms with Gasteiger partial charge in [0.05, 0.1) is 5.56 Å². The van der Waals surface area contributed by atoms with E-state index in [2.05, 4.69) is 13.0 Å². The Morgan fingerprint density at radius 1 is 1.26 bits per heavy atom. The number of likely N-dealkylation sites (tertiary alicyclic amines) is 1. The number of benzene rings is 1. The van der Waals surface area contributed by atoms with E-state index in [0.29, 0.717) is 24.8 Å². The highest BCUT2D eigenvalue weighted by Gasteiger charge is 2.30. The van der Waals surface area contributed by atoms with Crippen LogP contribution in [0.4, 0.5) is 4.79 Å². The first-order valence-corrected chi connectivity index (χ1v) is 11.9. The van der Waals surface area contributed by atoms with Gasteiger partial charge in [0.2, 0.25) is 0 Å². The van der Waals surface area contributed by atoms with Crippen LogP contribution in [0.1, 0.15) is 65.0 Å². The molecular weight excluding hydrogens is 408 g/mol. The summed E-state index contributed by atoms with van der Waals surface area (Å²) in [6.45, 7) is 3.63. The van der Waals surface area contributed by atoms with Crippen LogP contribution in [0.5, 0.6) is 0 Å². The first-order valence-electron chi connectivity index (χ1n) is 11.1. The molecule has 6 heteroatoms. The number of rotatable bonds is 6. The summed E-state index contributed by atoms with van der Waals surface area (Å²) in [6.07, 6.45) is 4.59. The number of ketones is 1. The Labute approximate surface area is 187 Å². The zero-order valence-corrected chi connectivity index (χ0v) is 18.7. The fourth-order valence-corrected chi connectivity index (χ4v) is 5.97. The zero-order chi connectivity index (χ0) is 21.8. The molecule has 2 unspecified atom stereocenters. The van der Waals surface area contributed by atoms with E-state index in [1.54, 1.807) is 16.2 Å². The number of carbonyl (C=O) groups excluding carboxylic acids is 2. The van der Waals surface area contributed by atoms with Crippen molar-refractivity contribution >= 4 is 23.2 Å². The van der Waals surface area contributed by atoms with E-state index in [4.69, 9.17) is 4.74 Å². The lowest BCUT2D eigenvalue weighted by Crippen LogP contribution is -2.34. The molecule has 2 aliphatic rings. The molecule has 1 fully saturated rings. The van der Waals surface area contributed by atoms with Gasteiger partial charge in [-0.2, -0.15) is 5.26 Å². The molecule has 2 heterocycles. The molecule has 1 saturated heterocycles. The predicted octanol–water partition coefficient (Wildman–Crippen LogP) is 5.01. The summed E-state index contributed by atoms with van der Waals surface area (Å²) in [5, 5.41) is 9.74. The lowest BCUT2D eigenvalue weighted by molar-refractivity contribution is -0.118. The van der Waals surface area contributed by atoms with Crippen LogP contribution in [0.2, 0.25) is 0 Å². The molecule has 5 nitrogen and oxygen atoms in total. The molecule has 1 aromatic carbocycles. The Balaban J connectivity index is 1.40. The SMILES string of the molecule is CC(CC(=O)Cc1sc2c(c1C#N)CCC(OC(=O)N1CCCC1)C2)c1ccccc1. The minimum absolute atomic E-state index is 0.146. The normalized spacial score (nSPS) is 18.8.